The smallest absolute Gasteiger partial charge is 0.191 e. The third-order valence-electron chi connectivity index (χ3n) is 4.55. The van der Waals surface area contributed by atoms with Crippen LogP contribution in [0.2, 0.25) is 0 Å². The summed E-state index contributed by atoms with van der Waals surface area (Å²) in [5.74, 6) is 0.684. The third kappa shape index (κ3) is 7.48. The molecule has 31 heavy (non-hydrogen) atoms. The molecule has 1 aromatic heterocycles. The predicted molar refractivity (Wildman–Crippen MR) is 131 cm³/mol. The molecule has 6 nitrogen and oxygen atoms in total. The first kappa shape index (κ1) is 24.5. The summed E-state index contributed by atoms with van der Waals surface area (Å²) in [5, 5.41) is 16.0. The van der Waals surface area contributed by atoms with Gasteiger partial charge < -0.3 is 20.5 Å². The van der Waals surface area contributed by atoms with Crippen LogP contribution >= 0.6 is 24.0 Å². The van der Waals surface area contributed by atoms with Crippen LogP contribution in [0.3, 0.4) is 0 Å². The maximum absolute atomic E-state index is 14.4. The lowest BCUT2D eigenvalue weighted by Crippen LogP contribution is -2.39. The summed E-state index contributed by atoms with van der Waals surface area (Å²) in [5.41, 5.74) is 1.80. The topological polar surface area (TPSA) is 78.8 Å². The Balaban J connectivity index is 0.00000341. The van der Waals surface area contributed by atoms with Gasteiger partial charge in [0.25, 0.3) is 0 Å². The zero-order valence-corrected chi connectivity index (χ0v) is 19.5. The van der Waals surface area contributed by atoms with Crippen LogP contribution in [0.15, 0.2) is 78.0 Å². The van der Waals surface area contributed by atoms with Crippen molar-refractivity contribution in [1.29, 1.82) is 0 Å². The van der Waals surface area contributed by atoms with Gasteiger partial charge in [-0.2, -0.15) is 0 Å². The summed E-state index contributed by atoms with van der Waals surface area (Å²) in [6.07, 6.45) is 3.15. The number of guanidine groups is 1. The molecule has 3 N–H and O–H groups in total. The van der Waals surface area contributed by atoms with Gasteiger partial charge in [0, 0.05) is 32.3 Å². The number of nitrogens with one attached hydrogen (secondary N) is 2. The van der Waals surface area contributed by atoms with Crippen molar-refractivity contribution in [3.8, 4) is 11.5 Å². The second-order valence-corrected chi connectivity index (χ2v) is 6.65. The monoisotopic (exact) mass is 536 g/mol. The Morgan fingerprint density at radius 1 is 1.13 bits per heavy atom. The molecule has 1 unspecified atom stereocenters. The number of aromatic nitrogens is 1. The van der Waals surface area contributed by atoms with Crippen molar-refractivity contribution in [2.24, 2.45) is 4.99 Å². The average molecular weight is 536 g/mol. The first-order chi connectivity index (χ1) is 14.7. The van der Waals surface area contributed by atoms with Crippen LogP contribution in [0.4, 0.5) is 4.39 Å². The highest BCUT2D eigenvalue weighted by Crippen LogP contribution is 2.24. The molecule has 0 aliphatic carbocycles. The van der Waals surface area contributed by atoms with Crippen LogP contribution in [-0.4, -0.2) is 36.2 Å². The molecule has 0 spiro atoms. The Morgan fingerprint density at radius 3 is 2.58 bits per heavy atom. The van der Waals surface area contributed by atoms with Crippen molar-refractivity contribution in [2.75, 3.05) is 20.2 Å². The quantitative estimate of drug-likeness (QED) is 0.230. The minimum Gasteiger partial charge on any atom is -0.453 e. The van der Waals surface area contributed by atoms with E-state index in [-0.39, 0.29) is 42.3 Å². The molecule has 8 heteroatoms. The number of nitrogens with zero attached hydrogens (tertiary/aromatic N) is 2. The normalized spacial score (nSPS) is 11.9. The summed E-state index contributed by atoms with van der Waals surface area (Å²) in [4.78, 5) is 8.13. The highest BCUT2D eigenvalue weighted by molar-refractivity contribution is 14.0. The van der Waals surface area contributed by atoms with Crippen LogP contribution in [-0.2, 0) is 6.54 Å². The zero-order chi connectivity index (χ0) is 21.2. The Hall–Kier alpha value is -2.72. The van der Waals surface area contributed by atoms with Gasteiger partial charge in [0.1, 0.15) is 5.75 Å². The van der Waals surface area contributed by atoms with Gasteiger partial charge >= 0.3 is 0 Å². The second kappa shape index (κ2) is 12.9. The molecule has 0 amide bonds. The van der Waals surface area contributed by atoms with E-state index in [1.807, 2.05) is 30.3 Å². The molecular weight excluding hydrogens is 510 g/mol. The number of halogens is 2. The highest BCUT2D eigenvalue weighted by atomic mass is 127. The van der Waals surface area contributed by atoms with Crippen molar-refractivity contribution >= 4 is 29.9 Å². The molecular formula is C23H26FIN4O2. The summed E-state index contributed by atoms with van der Waals surface area (Å²) < 4.78 is 19.9. The molecule has 1 atom stereocenters. The molecule has 0 fully saturated rings. The van der Waals surface area contributed by atoms with E-state index in [9.17, 15) is 9.50 Å². The summed E-state index contributed by atoms with van der Waals surface area (Å²) in [6.45, 7) is 0.933. The Labute approximate surface area is 198 Å². The van der Waals surface area contributed by atoms with Gasteiger partial charge in [0.05, 0.1) is 12.8 Å². The molecule has 0 saturated carbocycles. The Kier molecular flexibility index (Phi) is 10.2. The van der Waals surface area contributed by atoms with Gasteiger partial charge in [0.15, 0.2) is 17.5 Å². The van der Waals surface area contributed by atoms with E-state index in [1.54, 1.807) is 37.5 Å². The van der Waals surface area contributed by atoms with E-state index in [1.165, 1.54) is 12.3 Å². The minimum atomic E-state index is -0.453. The van der Waals surface area contributed by atoms with Crippen molar-refractivity contribution < 1.29 is 14.2 Å². The molecule has 2 aromatic carbocycles. The van der Waals surface area contributed by atoms with Crippen LogP contribution < -0.4 is 15.4 Å². The van der Waals surface area contributed by atoms with Crippen molar-refractivity contribution in [3.63, 3.8) is 0 Å². The lowest BCUT2D eigenvalue weighted by molar-refractivity contribution is 0.265. The zero-order valence-electron chi connectivity index (χ0n) is 17.2. The fourth-order valence-corrected chi connectivity index (χ4v) is 2.91. The molecule has 0 aliphatic rings. The van der Waals surface area contributed by atoms with E-state index in [0.717, 1.165) is 11.1 Å². The number of rotatable bonds is 8. The number of aliphatic imine (C=N–C) groups is 1. The van der Waals surface area contributed by atoms with Crippen LogP contribution in [0.5, 0.6) is 11.5 Å². The van der Waals surface area contributed by atoms with Crippen molar-refractivity contribution in [2.45, 2.75) is 12.5 Å². The lowest BCUT2D eigenvalue weighted by Gasteiger charge is -2.18. The molecule has 3 rings (SSSR count). The maximum atomic E-state index is 14.4. The maximum Gasteiger partial charge on any atom is 0.191 e. The van der Waals surface area contributed by atoms with Gasteiger partial charge in [0.2, 0.25) is 0 Å². The number of pyridine rings is 1. The fraction of sp³-hybridized carbons (Fsp3) is 0.217. The second-order valence-electron chi connectivity index (χ2n) is 6.65. The summed E-state index contributed by atoms with van der Waals surface area (Å²) in [7, 11) is 1.66. The van der Waals surface area contributed by atoms with E-state index in [0.29, 0.717) is 24.8 Å². The lowest BCUT2D eigenvalue weighted by atomic mass is 10.0. The molecule has 0 bridgehead atoms. The molecule has 0 radical (unpaired) electrons. The summed E-state index contributed by atoms with van der Waals surface area (Å²) in [6, 6.07) is 18.0. The number of hydrogen-bond donors (Lipinski definition) is 3. The fourth-order valence-electron chi connectivity index (χ4n) is 2.91. The Morgan fingerprint density at radius 2 is 1.94 bits per heavy atom. The van der Waals surface area contributed by atoms with Gasteiger partial charge in [-0.1, -0.05) is 36.4 Å². The minimum absolute atomic E-state index is 0. The number of benzene rings is 2. The van der Waals surface area contributed by atoms with Gasteiger partial charge in [-0.15, -0.1) is 24.0 Å². The SMILES string of the molecule is CN=C(NCc1ccc(Oc2cccnc2)c(F)c1)NCC(CO)c1ccccc1.I. The van der Waals surface area contributed by atoms with E-state index in [4.69, 9.17) is 4.74 Å². The number of ether oxygens (including phenoxy) is 1. The Bertz CT molecular complexity index is 958. The standard InChI is InChI=1S/C23H25FN4O2.HI/c1-25-23(28-14-19(16-29)18-6-3-2-4-7-18)27-13-17-9-10-22(21(24)12-17)30-20-8-5-11-26-15-20;/h2-12,15,19,29H,13-14,16H2,1H3,(H2,25,27,28);1H. The molecule has 0 saturated heterocycles. The van der Waals surface area contributed by atoms with Gasteiger partial charge in [-0.25, -0.2) is 4.39 Å². The van der Waals surface area contributed by atoms with Gasteiger partial charge in [-0.3, -0.25) is 9.98 Å². The van der Waals surface area contributed by atoms with Crippen LogP contribution in [0, 0.1) is 5.82 Å². The largest absolute Gasteiger partial charge is 0.453 e. The van der Waals surface area contributed by atoms with E-state index < -0.39 is 5.82 Å². The molecule has 0 aliphatic heterocycles. The summed E-state index contributed by atoms with van der Waals surface area (Å²) >= 11 is 0. The van der Waals surface area contributed by atoms with Crippen LogP contribution in [0.25, 0.3) is 0 Å². The molecule has 164 valence electrons. The van der Waals surface area contributed by atoms with E-state index in [2.05, 4.69) is 20.6 Å². The highest BCUT2D eigenvalue weighted by Gasteiger charge is 2.11. The van der Waals surface area contributed by atoms with Crippen molar-refractivity contribution in [3.05, 3.63) is 90.0 Å². The molecule has 3 aromatic rings. The van der Waals surface area contributed by atoms with Gasteiger partial charge in [-0.05, 0) is 35.4 Å². The first-order valence-electron chi connectivity index (χ1n) is 9.66. The molecule has 1 heterocycles. The first-order valence-corrected chi connectivity index (χ1v) is 9.66. The average Bonchev–Trinajstić information content (AvgIpc) is 2.79. The third-order valence-corrected chi connectivity index (χ3v) is 4.55. The van der Waals surface area contributed by atoms with Crippen molar-refractivity contribution in [1.82, 2.24) is 15.6 Å². The van der Waals surface area contributed by atoms with E-state index >= 15 is 0 Å². The number of aliphatic hydroxyl groups excluding tert-OH is 1. The predicted octanol–water partition coefficient (Wildman–Crippen LogP) is 4.07. The number of aliphatic hydroxyl groups is 1. The number of hydrogen-bond acceptors (Lipinski definition) is 4. The van der Waals surface area contributed by atoms with Crippen LogP contribution in [0.1, 0.15) is 17.0 Å².